The lowest BCUT2D eigenvalue weighted by atomic mass is 9.82. The van der Waals surface area contributed by atoms with Gasteiger partial charge in [0.05, 0.1) is 25.3 Å². The minimum atomic E-state index is -3.33. The van der Waals surface area contributed by atoms with Crippen LogP contribution in [0.4, 0.5) is 15.5 Å². The molecule has 3 aromatic rings. The van der Waals surface area contributed by atoms with E-state index in [4.69, 9.17) is 9.47 Å². The molecule has 4 atom stereocenters. The van der Waals surface area contributed by atoms with Gasteiger partial charge >= 0.3 is 5.97 Å². The molecule has 3 heterocycles. The van der Waals surface area contributed by atoms with Gasteiger partial charge in [0.2, 0.25) is 14.3 Å². The van der Waals surface area contributed by atoms with Crippen LogP contribution in [0.3, 0.4) is 0 Å². The average Bonchev–Trinajstić information content (AvgIpc) is 3.58. The monoisotopic (exact) mass is 609 g/mol. The molecular formula is C32H40FN3O6Si. The maximum atomic E-state index is 15.8. The van der Waals surface area contributed by atoms with Gasteiger partial charge in [-0.2, -0.15) is 0 Å². The predicted octanol–water partition coefficient (Wildman–Crippen LogP) is 5.20. The Morgan fingerprint density at radius 1 is 1.21 bits per heavy atom. The van der Waals surface area contributed by atoms with Gasteiger partial charge in [-0.25, -0.2) is 0 Å². The number of amides is 2. The molecule has 1 fully saturated rings. The maximum Gasteiger partial charge on any atom is 0.305 e. The molecule has 1 aromatic heterocycles. The summed E-state index contributed by atoms with van der Waals surface area (Å²) in [4.78, 5) is 44.0. The zero-order valence-corrected chi connectivity index (χ0v) is 26.1. The first-order chi connectivity index (χ1) is 20.5. The van der Waals surface area contributed by atoms with Crippen molar-refractivity contribution in [1.29, 1.82) is 0 Å². The third-order valence-electron chi connectivity index (χ3n) is 8.92. The zero-order chi connectivity index (χ0) is 30.9. The third kappa shape index (κ3) is 5.73. The molecule has 3 N–H and O–H groups in total. The molecule has 2 aliphatic rings. The predicted molar refractivity (Wildman–Crippen MR) is 165 cm³/mol. The summed E-state index contributed by atoms with van der Waals surface area (Å²) in [5.41, 5.74) is 1.60. The minimum Gasteiger partial charge on any atom is -0.469 e. The number of aromatic amines is 1. The number of esters is 1. The van der Waals surface area contributed by atoms with Gasteiger partial charge < -0.3 is 33.9 Å². The number of rotatable bonds is 11. The fourth-order valence-corrected chi connectivity index (χ4v) is 9.58. The van der Waals surface area contributed by atoms with E-state index in [-0.39, 0.29) is 43.7 Å². The molecule has 2 aliphatic heterocycles. The lowest BCUT2D eigenvalue weighted by Crippen LogP contribution is -2.45. The minimum absolute atomic E-state index is 0.159. The number of H-pyrrole nitrogens is 1. The molecule has 1 saturated heterocycles. The van der Waals surface area contributed by atoms with E-state index in [2.05, 4.69) is 10.3 Å². The van der Waals surface area contributed by atoms with Crippen molar-refractivity contribution in [3.63, 3.8) is 0 Å². The second-order valence-electron chi connectivity index (χ2n) is 12.1. The number of unbranched alkanes of at least 4 members (excludes halogenated alkanes) is 1. The molecule has 0 bridgehead atoms. The summed E-state index contributed by atoms with van der Waals surface area (Å²) in [6, 6.07) is 13.1. The Bertz CT molecular complexity index is 1520. The number of nitrogens with one attached hydrogen (secondary N) is 2. The Kier molecular flexibility index (Phi) is 8.78. The number of methoxy groups -OCH3 is 1. The highest BCUT2D eigenvalue weighted by Crippen LogP contribution is 2.60. The smallest absolute Gasteiger partial charge is 0.305 e. The van der Waals surface area contributed by atoms with E-state index in [1.807, 2.05) is 37.4 Å². The van der Waals surface area contributed by atoms with Crippen LogP contribution in [0.2, 0.25) is 18.6 Å². The molecule has 230 valence electrons. The van der Waals surface area contributed by atoms with Crippen molar-refractivity contribution < 1.29 is 33.1 Å². The van der Waals surface area contributed by atoms with Crippen LogP contribution in [-0.4, -0.2) is 62.6 Å². The molecule has 5 rings (SSSR count). The summed E-state index contributed by atoms with van der Waals surface area (Å²) in [6.45, 7) is 5.26. The first kappa shape index (κ1) is 30.9. The van der Waals surface area contributed by atoms with Crippen molar-refractivity contribution in [1.82, 2.24) is 4.98 Å². The number of ether oxygens (including phenoxy) is 2. The molecule has 0 unspecified atom stereocenters. The number of carbonyl (C=O) groups is 3. The summed E-state index contributed by atoms with van der Waals surface area (Å²) < 4.78 is 27.1. The fourth-order valence-electron chi connectivity index (χ4n) is 7.04. The SMILES string of the molecule is COC(=O)CCCCN1C(=O)[C@@]2(O[C@@H](CCO)[C@H]([Si](C)(C)F)[C@H]2C)c2cc(NC(=O)Cc3c[nH]c4ccccc34)ccc21. The number of para-hydroxylation sites is 1. The van der Waals surface area contributed by atoms with Crippen LogP contribution >= 0.6 is 0 Å². The number of aliphatic hydroxyl groups is 1. The van der Waals surface area contributed by atoms with E-state index in [1.54, 1.807) is 36.2 Å². The number of carbonyl (C=O) groups excluding carboxylic acids is 3. The zero-order valence-electron chi connectivity index (χ0n) is 25.1. The number of aliphatic hydroxyl groups excluding tert-OH is 1. The number of hydrogen-bond acceptors (Lipinski definition) is 6. The highest BCUT2D eigenvalue weighted by Gasteiger charge is 2.66. The van der Waals surface area contributed by atoms with E-state index in [1.165, 1.54) is 7.11 Å². The molecule has 0 radical (unpaired) electrons. The van der Waals surface area contributed by atoms with Crippen LogP contribution in [0.1, 0.15) is 43.7 Å². The van der Waals surface area contributed by atoms with Gasteiger partial charge in [0.25, 0.3) is 5.91 Å². The normalized spacial score (nSPS) is 23.3. The van der Waals surface area contributed by atoms with E-state index >= 15 is 4.11 Å². The summed E-state index contributed by atoms with van der Waals surface area (Å²) in [7, 11) is -1.99. The summed E-state index contributed by atoms with van der Waals surface area (Å²) in [5, 5.41) is 13.8. The van der Waals surface area contributed by atoms with Crippen molar-refractivity contribution in [3.05, 3.63) is 59.8 Å². The number of nitrogens with zero attached hydrogens (tertiary/aromatic N) is 1. The molecular weight excluding hydrogens is 569 g/mol. The van der Waals surface area contributed by atoms with Crippen LogP contribution < -0.4 is 10.2 Å². The largest absolute Gasteiger partial charge is 0.469 e. The number of aromatic nitrogens is 1. The second kappa shape index (κ2) is 12.2. The quantitative estimate of drug-likeness (QED) is 0.119. The van der Waals surface area contributed by atoms with Crippen LogP contribution in [0, 0.1) is 5.92 Å². The summed E-state index contributed by atoms with van der Waals surface area (Å²) in [6.07, 6.45) is 2.93. The van der Waals surface area contributed by atoms with Gasteiger partial charge in [0.15, 0.2) is 5.60 Å². The lowest BCUT2D eigenvalue weighted by Gasteiger charge is -2.31. The van der Waals surface area contributed by atoms with Crippen LogP contribution in [0.25, 0.3) is 10.9 Å². The number of benzene rings is 2. The van der Waals surface area contributed by atoms with Crippen molar-refractivity contribution in [2.45, 2.75) is 69.4 Å². The van der Waals surface area contributed by atoms with Crippen molar-refractivity contribution in [2.75, 3.05) is 30.5 Å². The van der Waals surface area contributed by atoms with Crippen LogP contribution in [0.15, 0.2) is 48.7 Å². The van der Waals surface area contributed by atoms with E-state index in [9.17, 15) is 19.5 Å². The van der Waals surface area contributed by atoms with Gasteiger partial charge in [0, 0.05) is 59.4 Å². The molecule has 43 heavy (non-hydrogen) atoms. The van der Waals surface area contributed by atoms with Crippen LogP contribution in [-0.2, 0) is 35.9 Å². The number of anilines is 2. The lowest BCUT2D eigenvalue weighted by molar-refractivity contribution is -0.146. The Hall–Kier alpha value is -3.54. The average molecular weight is 610 g/mol. The molecule has 0 aliphatic carbocycles. The highest BCUT2D eigenvalue weighted by atomic mass is 28.4. The Balaban J connectivity index is 1.46. The number of hydrogen-bond donors (Lipinski definition) is 3. The Morgan fingerprint density at radius 2 is 1.98 bits per heavy atom. The standard InChI is InChI=1S/C32H40FN3O6Si/c1-20-30(43(3,4)33)27(14-16-37)42-32(20)24-18-22(35-28(38)17-21-19-34-25-10-6-5-9-23(21)25)12-13-26(24)36(31(32)40)15-8-7-11-29(39)41-2/h5-6,9-10,12-13,18-20,27,30,34,37H,7-8,11,14-17H2,1-4H3,(H,35,38)/t20-,27+,30-,32+/m1/s1. The molecule has 1 spiro atoms. The first-order valence-electron chi connectivity index (χ1n) is 14.9. The van der Waals surface area contributed by atoms with Crippen molar-refractivity contribution in [3.8, 4) is 0 Å². The van der Waals surface area contributed by atoms with Crippen molar-refractivity contribution in [2.24, 2.45) is 5.92 Å². The summed E-state index contributed by atoms with van der Waals surface area (Å²) in [5.74, 6) is -1.30. The first-order valence-corrected chi connectivity index (χ1v) is 17.8. The van der Waals surface area contributed by atoms with E-state index in [0.29, 0.717) is 36.3 Å². The van der Waals surface area contributed by atoms with E-state index < -0.39 is 31.6 Å². The third-order valence-corrected chi connectivity index (χ3v) is 11.4. The van der Waals surface area contributed by atoms with E-state index in [0.717, 1.165) is 16.5 Å². The van der Waals surface area contributed by atoms with Crippen LogP contribution in [0.5, 0.6) is 0 Å². The van der Waals surface area contributed by atoms with Gasteiger partial charge in [-0.15, -0.1) is 0 Å². The van der Waals surface area contributed by atoms with Gasteiger partial charge in [-0.05, 0) is 62.2 Å². The van der Waals surface area contributed by atoms with Gasteiger partial charge in [-0.1, -0.05) is 25.1 Å². The molecule has 9 nitrogen and oxygen atoms in total. The number of fused-ring (bicyclic) bond motifs is 3. The molecule has 2 amide bonds. The molecule has 11 heteroatoms. The maximum absolute atomic E-state index is 15.8. The van der Waals surface area contributed by atoms with Crippen molar-refractivity contribution >= 4 is 48.5 Å². The Labute approximate surface area is 251 Å². The number of halogens is 1. The Morgan fingerprint density at radius 3 is 2.70 bits per heavy atom. The highest BCUT2D eigenvalue weighted by molar-refractivity contribution is 6.72. The second-order valence-corrected chi connectivity index (χ2v) is 15.9. The van der Waals surface area contributed by atoms with Gasteiger partial charge in [0.1, 0.15) is 0 Å². The summed E-state index contributed by atoms with van der Waals surface area (Å²) >= 11 is 0. The molecule has 2 aromatic carbocycles. The molecule has 0 saturated carbocycles. The topological polar surface area (TPSA) is 121 Å². The fraction of sp³-hybridized carbons (Fsp3) is 0.469. The van der Waals surface area contributed by atoms with Gasteiger partial charge in [-0.3, -0.25) is 14.4 Å².